The maximum atomic E-state index is 11.8. The van der Waals surface area contributed by atoms with Gasteiger partial charge in [0.15, 0.2) is 0 Å². The highest BCUT2D eigenvalue weighted by atomic mass is 16.6. The smallest absolute Gasteiger partial charge is 0.418 e. The Balaban J connectivity index is 4.49. The van der Waals surface area contributed by atoms with Crippen molar-refractivity contribution < 1.29 is 19.1 Å². The second-order valence-electron chi connectivity index (χ2n) is 5.10. The number of urea groups is 1. The quantitative estimate of drug-likeness (QED) is 0.774. The minimum absolute atomic E-state index is 0.0389. The average molecular weight is 273 g/mol. The van der Waals surface area contributed by atoms with E-state index < -0.39 is 17.7 Å². The lowest BCUT2D eigenvalue weighted by Gasteiger charge is -2.25. The molecule has 0 saturated carbocycles. The van der Waals surface area contributed by atoms with Gasteiger partial charge >= 0.3 is 12.1 Å². The molecule has 0 rings (SSSR count). The second kappa shape index (κ2) is 7.73. The van der Waals surface area contributed by atoms with Crippen LogP contribution in [0.1, 0.15) is 34.1 Å². The molecule has 0 atom stereocenters. The van der Waals surface area contributed by atoms with E-state index in [2.05, 4.69) is 5.32 Å². The lowest BCUT2D eigenvalue weighted by Crippen LogP contribution is -2.48. The van der Waals surface area contributed by atoms with Gasteiger partial charge in [-0.05, 0) is 27.7 Å². The standard InChI is InChI=1S/C12H23N3O4/c1-9(16)5-7-14-10(17)15(8-6-13)11(18)19-12(2,3)4/h5-8,13H2,1-4H3,(H,14,17). The number of hydrogen-bond acceptors (Lipinski definition) is 5. The van der Waals surface area contributed by atoms with Crippen molar-refractivity contribution in [1.29, 1.82) is 0 Å². The Kier molecular flexibility index (Phi) is 7.06. The van der Waals surface area contributed by atoms with Crippen LogP contribution < -0.4 is 11.1 Å². The van der Waals surface area contributed by atoms with Crippen molar-refractivity contribution in [2.45, 2.75) is 39.7 Å². The van der Waals surface area contributed by atoms with Crippen molar-refractivity contribution in [3.05, 3.63) is 0 Å². The number of imide groups is 1. The lowest BCUT2D eigenvalue weighted by molar-refractivity contribution is -0.116. The first-order valence-corrected chi connectivity index (χ1v) is 6.15. The molecule has 0 aliphatic rings. The Morgan fingerprint density at radius 2 is 1.84 bits per heavy atom. The van der Waals surface area contributed by atoms with E-state index in [-0.39, 0.29) is 31.8 Å². The molecule has 0 aliphatic carbocycles. The fraction of sp³-hybridized carbons (Fsp3) is 0.750. The van der Waals surface area contributed by atoms with Crippen LogP contribution in [0, 0.1) is 0 Å². The fourth-order valence-corrected chi connectivity index (χ4v) is 1.16. The fourth-order valence-electron chi connectivity index (χ4n) is 1.16. The van der Waals surface area contributed by atoms with E-state index in [9.17, 15) is 14.4 Å². The van der Waals surface area contributed by atoms with Crippen LogP contribution in [0.4, 0.5) is 9.59 Å². The Bertz CT molecular complexity index is 336. The average Bonchev–Trinajstić information content (AvgIpc) is 2.22. The van der Waals surface area contributed by atoms with Gasteiger partial charge < -0.3 is 15.8 Å². The predicted molar refractivity (Wildman–Crippen MR) is 70.7 cm³/mol. The summed E-state index contributed by atoms with van der Waals surface area (Å²) in [7, 11) is 0. The van der Waals surface area contributed by atoms with Gasteiger partial charge in [0, 0.05) is 26.1 Å². The summed E-state index contributed by atoms with van der Waals surface area (Å²) in [6.45, 7) is 6.92. The molecule has 3 amide bonds. The monoisotopic (exact) mass is 273 g/mol. The Hall–Kier alpha value is -1.63. The normalized spacial score (nSPS) is 10.8. The SMILES string of the molecule is CC(=O)CCNC(=O)N(CCN)C(=O)OC(C)(C)C. The maximum Gasteiger partial charge on any atom is 0.418 e. The number of ether oxygens (including phenoxy) is 1. The summed E-state index contributed by atoms with van der Waals surface area (Å²) in [6, 6.07) is -0.610. The third kappa shape index (κ3) is 8.15. The number of nitrogens with two attached hydrogens (primary N) is 1. The van der Waals surface area contributed by atoms with Crippen molar-refractivity contribution in [2.75, 3.05) is 19.6 Å². The van der Waals surface area contributed by atoms with Gasteiger partial charge in [-0.3, -0.25) is 4.79 Å². The highest BCUT2D eigenvalue weighted by molar-refractivity contribution is 5.91. The Morgan fingerprint density at radius 1 is 1.26 bits per heavy atom. The van der Waals surface area contributed by atoms with Gasteiger partial charge in [-0.15, -0.1) is 0 Å². The molecule has 0 unspecified atom stereocenters. The number of Topliss-reactive ketones (excluding diaryl/α,β-unsaturated/α-hetero) is 1. The van der Waals surface area contributed by atoms with Crippen LogP contribution in [0.3, 0.4) is 0 Å². The van der Waals surface area contributed by atoms with Crippen LogP contribution in [-0.2, 0) is 9.53 Å². The van der Waals surface area contributed by atoms with Crippen LogP contribution in [-0.4, -0.2) is 48.0 Å². The van der Waals surface area contributed by atoms with E-state index in [0.717, 1.165) is 4.90 Å². The molecule has 7 nitrogen and oxygen atoms in total. The third-order valence-electron chi connectivity index (χ3n) is 1.97. The number of hydrogen-bond donors (Lipinski definition) is 2. The van der Waals surface area contributed by atoms with Crippen LogP contribution >= 0.6 is 0 Å². The first-order chi connectivity index (χ1) is 8.67. The molecule has 7 heteroatoms. The van der Waals surface area contributed by atoms with E-state index in [4.69, 9.17) is 10.5 Å². The van der Waals surface area contributed by atoms with Crippen LogP contribution in [0.25, 0.3) is 0 Å². The molecule has 0 heterocycles. The molecule has 19 heavy (non-hydrogen) atoms. The zero-order valence-corrected chi connectivity index (χ0v) is 12.0. The van der Waals surface area contributed by atoms with Gasteiger partial charge in [0.25, 0.3) is 0 Å². The highest BCUT2D eigenvalue weighted by Crippen LogP contribution is 2.09. The molecule has 0 spiro atoms. The Morgan fingerprint density at radius 3 is 2.26 bits per heavy atom. The van der Waals surface area contributed by atoms with Gasteiger partial charge in [-0.25, -0.2) is 14.5 Å². The number of nitrogens with zero attached hydrogens (tertiary/aromatic N) is 1. The van der Waals surface area contributed by atoms with Crippen LogP contribution in [0.5, 0.6) is 0 Å². The van der Waals surface area contributed by atoms with Crippen molar-refractivity contribution in [2.24, 2.45) is 5.73 Å². The van der Waals surface area contributed by atoms with Gasteiger partial charge in [-0.1, -0.05) is 0 Å². The zero-order valence-electron chi connectivity index (χ0n) is 12.0. The minimum atomic E-state index is -0.752. The largest absolute Gasteiger partial charge is 0.443 e. The van der Waals surface area contributed by atoms with E-state index in [1.807, 2.05) is 0 Å². The summed E-state index contributed by atoms with van der Waals surface area (Å²) in [6.07, 6.45) is -0.533. The lowest BCUT2D eigenvalue weighted by atomic mass is 10.2. The highest BCUT2D eigenvalue weighted by Gasteiger charge is 2.26. The second-order valence-corrected chi connectivity index (χ2v) is 5.10. The molecule has 3 N–H and O–H groups in total. The summed E-state index contributed by atoms with van der Waals surface area (Å²) >= 11 is 0. The first kappa shape index (κ1) is 17.4. The molecule has 0 aromatic rings. The van der Waals surface area contributed by atoms with Gasteiger partial charge in [-0.2, -0.15) is 0 Å². The van der Waals surface area contributed by atoms with E-state index in [1.165, 1.54) is 6.92 Å². The van der Waals surface area contributed by atoms with Crippen molar-refractivity contribution in [3.63, 3.8) is 0 Å². The van der Waals surface area contributed by atoms with Crippen LogP contribution in [0.2, 0.25) is 0 Å². The summed E-state index contributed by atoms with van der Waals surface area (Å²) in [5.41, 5.74) is 4.67. The molecule has 0 radical (unpaired) electrons. The molecule has 0 bridgehead atoms. The number of amides is 3. The molecular formula is C12H23N3O4. The number of nitrogens with one attached hydrogen (secondary N) is 1. The Labute approximate surface area is 113 Å². The molecule has 110 valence electrons. The molecule has 0 fully saturated rings. The van der Waals surface area contributed by atoms with E-state index >= 15 is 0 Å². The van der Waals surface area contributed by atoms with Crippen LogP contribution in [0.15, 0.2) is 0 Å². The third-order valence-corrected chi connectivity index (χ3v) is 1.97. The van der Waals surface area contributed by atoms with Crippen molar-refractivity contribution in [1.82, 2.24) is 10.2 Å². The summed E-state index contributed by atoms with van der Waals surface area (Å²) in [5.74, 6) is -0.0389. The van der Waals surface area contributed by atoms with Gasteiger partial charge in [0.05, 0.1) is 0 Å². The minimum Gasteiger partial charge on any atom is -0.443 e. The zero-order chi connectivity index (χ0) is 15.1. The summed E-state index contributed by atoms with van der Waals surface area (Å²) in [4.78, 5) is 35.3. The van der Waals surface area contributed by atoms with Crippen molar-refractivity contribution >= 4 is 17.9 Å². The summed E-state index contributed by atoms with van der Waals surface area (Å²) < 4.78 is 5.10. The number of ketones is 1. The van der Waals surface area contributed by atoms with E-state index in [1.54, 1.807) is 20.8 Å². The predicted octanol–water partition coefficient (Wildman–Crippen LogP) is 0.871. The molecule has 0 aliphatic heterocycles. The molecule has 0 aromatic heterocycles. The van der Waals surface area contributed by atoms with E-state index in [0.29, 0.717) is 0 Å². The van der Waals surface area contributed by atoms with Crippen molar-refractivity contribution in [3.8, 4) is 0 Å². The number of carbonyl (C=O) groups is 3. The van der Waals surface area contributed by atoms with Gasteiger partial charge in [0.1, 0.15) is 11.4 Å². The molecule has 0 saturated heterocycles. The topological polar surface area (TPSA) is 102 Å². The first-order valence-electron chi connectivity index (χ1n) is 6.15. The molecular weight excluding hydrogens is 250 g/mol. The summed E-state index contributed by atoms with van der Waals surface area (Å²) in [5, 5.41) is 2.48. The molecule has 0 aromatic carbocycles. The van der Waals surface area contributed by atoms with Gasteiger partial charge in [0.2, 0.25) is 0 Å². The number of rotatable bonds is 5. The number of carbonyl (C=O) groups excluding carboxylic acids is 3. The maximum absolute atomic E-state index is 11.8.